The highest BCUT2D eigenvalue weighted by molar-refractivity contribution is 5.42. The highest BCUT2D eigenvalue weighted by Gasteiger charge is 2.14. The van der Waals surface area contributed by atoms with Gasteiger partial charge in [-0.05, 0) is 18.4 Å². The van der Waals surface area contributed by atoms with Crippen LogP contribution in [-0.2, 0) is 6.54 Å². The van der Waals surface area contributed by atoms with Gasteiger partial charge in [-0.2, -0.15) is 5.26 Å². The fraction of sp³-hybridized carbons (Fsp3) is 0.545. The van der Waals surface area contributed by atoms with E-state index in [2.05, 4.69) is 19.9 Å². The average molecular weight is 192 g/mol. The molecule has 1 rings (SSSR count). The molecule has 0 aliphatic heterocycles. The molecule has 0 saturated heterocycles. The van der Waals surface area contributed by atoms with Crippen LogP contribution >= 0.6 is 0 Å². The number of nitrogens with zero attached hydrogens (tertiary/aromatic N) is 2. The molecular formula is C11H16N2O. The number of hydrogen-bond donors (Lipinski definition) is 1. The summed E-state index contributed by atoms with van der Waals surface area (Å²) >= 11 is 0. The normalized spacial score (nSPS) is 10.6. The summed E-state index contributed by atoms with van der Waals surface area (Å²) in [6.45, 7) is 6.82. The first-order valence-corrected chi connectivity index (χ1v) is 4.82. The van der Waals surface area contributed by atoms with Gasteiger partial charge in [-0.1, -0.05) is 13.8 Å². The second-order valence-corrected chi connectivity index (χ2v) is 3.73. The highest BCUT2D eigenvalue weighted by Crippen LogP contribution is 2.24. The van der Waals surface area contributed by atoms with E-state index in [1.165, 1.54) is 0 Å². The predicted octanol–water partition coefficient (Wildman–Crippen LogP) is 1.78. The molecule has 3 nitrogen and oxygen atoms in total. The number of nitriles is 1. The third-order valence-electron chi connectivity index (χ3n) is 2.43. The van der Waals surface area contributed by atoms with Gasteiger partial charge in [0.1, 0.15) is 6.07 Å². The van der Waals surface area contributed by atoms with Gasteiger partial charge in [0.25, 0.3) is 0 Å². The topological polar surface area (TPSA) is 49.0 Å². The van der Waals surface area contributed by atoms with E-state index in [0.29, 0.717) is 12.5 Å². The van der Waals surface area contributed by atoms with Crippen LogP contribution in [0.2, 0.25) is 0 Å². The van der Waals surface area contributed by atoms with Crippen LogP contribution in [0.25, 0.3) is 0 Å². The molecule has 14 heavy (non-hydrogen) atoms. The first-order chi connectivity index (χ1) is 6.61. The Balaban J connectivity index is 3.20. The highest BCUT2D eigenvalue weighted by atomic mass is 16.3. The second-order valence-electron chi connectivity index (χ2n) is 3.73. The lowest BCUT2D eigenvalue weighted by atomic mass is 10.00. The predicted molar refractivity (Wildman–Crippen MR) is 55.1 cm³/mol. The lowest BCUT2D eigenvalue weighted by Gasteiger charge is -2.07. The van der Waals surface area contributed by atoms with Crippen LogP contribution < -0.4 is 0 Å². The molecule has 3 heteroatoms. The number of aliphatic hydroxyl groups is 1. The van der Waals surface area contributed by atoms with E-state index in [1.54, 1.807) is 0 Å². The summed E-state index contributed by atoms with van der Waals surface area (Å²) in [5.74, 6) is 0.351. The van der Waals surface area contributed by atoms with Crippen molar-refractivity contribution in [1.82, 2.24) is 4.57 Å². The third kappa shape index (κ3) is 1.80. The standard InChI is InChI=1S/C11H16N2O/c1-8(2)11-9(3)13(4-5-14)7-10(11)6-12/h7-8,14H,4-5H2,1-3H3. The first kappa shape index (κ1) is 10.8. The van der Waals surface area contributed by atoms with Crippen LogP contribution in [0.3, 0.4) is 0 Å². The molecule has 0 amide bonds. The van der Waals surface area contributed by atoms with Crippen LogP contribution in [0.1, 0.15) is 36.6 Å². The van der Waals surface area contributed by atoms with E-state index in [9.17, 15) is 0 Å². The number of rotatable bonds is 3. The number of aliphatic hydroxyl groups excluding tert-OH is 1. The van der Waals surface area contributed by atoms with Crippen molar-refractivity contribution >= 4 is 0 Å². The van der Waals surface area contributed by atoms with E-state index in [4.69, 9.17) is 10.4 Å². The summed E-state index contributed by atoms with van der Waals surface area (Å²) in [5.41, 5.74) is 2.91. The Bertz CT molecular complexity index is 358. The summed E-state index contributed by atoms with van der Waals surface area (Å²) in [4.78, 5) is 0. The molecule has 0 radical (unpaired) electrons. The summed E-state index contributed by atoms with van der Waals surface area (Å²) in [6.07, 6.45) is 1.82. The van der Waals surface area contributed by atoms with Crippen LogP contribution in [0.15, 0.2) is 6.20 Å². The van der Waals surface area contributed by atoms with E-state index in [1.807, 2.05) is 17.7 Å². The lowest BCUT2D eigenvalue weighted by molar-refractivity contribution is 0.275. The zero-order chi connectivity index (χ0) is 10.7. The molecule has 0 aliphatic carbocycles. The Morgan fingerprint density at radius 1 is 1.57 bits per heavy atom. The smallest absolute Gasteiger partial charge is 0.101 e. The van der Waals surface area contributed by atoms with Gasteiger partial charge in [0.05, 0.1) is 12.2 Å². The van der Waals surface area contributed by atoms with Crippen molar-refractivity contribution in [3.05, 3.63) is 23.0 Å². The van der Waals surface area contributed by atoms with Crippen molar-refractivity contribution in [2.24, 2.45) is 0 Å². The summed E-state index contributed by atoms with van der Waals surface area (Å²) in [7, 11) is 0. The van der Waals surface area contributed by atoms with Crippen molar-refractivity contribution < 1.29 is 5.11 Å². The molecule has 76 valence electrons. The van der Waals surface area contributed by atoms with Gasteiger partial charge in [0.15, 0.2) is 0 Å². The molecule has 0 unspecified atom stereocenters. The van der Waals surface area contributed by atoms with Gasteiger partial charge in [0.2, 0.25) is 0 Å². The summed E-state index contributed by atoms with van der Waals surface area (Å²) < 4.78 is 1.94. The van der Waals surface area contributed by atoms with E-state index in [0.717, 1.165) is 16.8 Å². The van der Waals surface area contributed by atoms with Gasteiger partial charge in [-0.25, -0.2) is 0 Å². The SMILES string of the molecule is Cc1c(C(C)C)c(C#N)cn1CCO. The fourth-order valence-electron chi connectivity index (χ4n) is 1.83. The van der Waals surface area contributed by atoms with Gasteiger partial charge in [0, 0.05) is 18.4 Å². The van der Waals surface area contributed by atoms with Gasteiger partial charge in [-0.3, -0.25) is 0 Å². The van der Waals surface area contributed by atoms with E-state index < -0.39 is 0 Å². The molecule has 0 aromatic carbocycles. The molecule has 1 aromatic heterocycles. The Morgan fingerprint density at radius 2 is 2.21 bits per heavy atom. The van der Waals surface area contributed by atoms with E-state index in [-0.39, 0.29) is 6.61 Å². The molecule has 0 bridgehead atoms. The maximum Gasteiger partial charge on any atom is 0.101 e. The Kier molecular flexibility index (Phi) is 3.32. The molecule has 1 aromatic rings. The minimum atomic E-state index is 0.109. The lowest BCUT2D eigenvalue weighted by Crippen LogP contribution is -2.03. The Hall–Kier alpha value is -1.27. The summed E-state index contributed by atoms with van der Waals surface area (Å²) in [5, 5.41) is 17.8. The van der Waals surface area contributed by atoms with Gasteiger partial charge >= 0.3 is 0 Å². The first-order valence-electron chi connectivity index (χ1n) is 4.82. The van der Waals surface area contributed by atoms with Gasteiger partial charge < -0.3 is 9.67 Å². The largest absolute Gasteiger partial charge is 0.395 e. The minimum Gasteiger partial charge on any atom is -0.395 e. The number of aromatic nitrogens is 1. The fourth-order valence-corrected chi connectivity index (χ4v) is 1.83. The average Bonchev–Trinajstić information content (AvgIpc) is 2.44. The van der Waals surface area contributed by atoms with Crippen molar-refractivity contribution in [3.63, 3.8) is 0 Å². The molecule has 0 saturated carbocycles. The Morgan fingerprint density at radius 3 is 2.57 bits per heavy atom. The molecule has 0 aliphatic rings. The quantitative estimate of drug-likeness (QED) is 0.793. The van der Waals surface area contributed by atoms with Crippen molar-refractivity contribution in [1.29, 1.82) is 5.26 Å². The van der Waals surface area contributed by atoms with Crippen LogP contribution in [0, 0.1) is 18.3 Å². The molecule has 0 atom stereocenters. The zero-order valence-corrected chi connectivity index (χ0v) is 8.91. The second kappa shape index (κ2) is 4.30. The van der Waals surface area contributed by atoms with Crippen molar-refractivity contribution in [3.8, 4) is 6.07 Å². The summed E-state index contributed by atoms with van der Waals surface area (Å²) in [6, 6.07) is 2.19. The van der Waals surface area contributed by atoms with Crippen LogP contribution in [0.5, 0.6) is 0 Å². The monoisotopic (exact) mass is 192 g/mol. The maximum absolute atomic E-state index is 8.95. The van der Waals surface area contributed by atoms with Crippen LogP contribution in [0.4, 0.5) is 0 Å². The Labute approximate surface area is 84.6 Å². The van der Waals surface area contributed by atoms with Crippen molar-refractivity contribution in [2.45, 2.75) is 33.2 Å². The van der Waals surface area contributed by atoms with Crippen LogP contribution in [-0.4, -0.2) is 16.3 Å². The molecule has 1 heterocycles. The minimum absolute atomic E-state index is 0.109. The molecular weight excluding hydrogens is 176 g/mol. The van der Waals surface area contributed by atoms with E-state index >= 15 is 0 Å². The molecule has 1 N–H and O–H groups in total. The van der Waals surface area contributed by atoms with Gasteiger partial charge in [-0.15, -0.1) is 0 Å². The molecule has 0 spiro atoms. The molecule has 0 fully saturated rings. The number of hydrogen-bond acceptors (Lipinski definition) is 2. The third-order valence-corrected chi connectivity index (χ3v) is 2.43. The van der Waals surface area contributed by atoms with Crippen molar-refractivity contribution in [2.75, 3.05) is 6.61 Å². The zero-order valence-electron chi connectivity index (χ0n) is 8.91. The maximum atomic E-state index is 8.95.